The van der Waals surface area contributed by atoms with E-state index >= 15 is 0 Å². The van der Waals surface area contributed by atoms with Crippen molar-refractivity contribution in [2.45, 2.75) is 31.2 Å². The zero-order valence-corrected chi connectivity index (χ0v) is 12.8. The Balaban J connectivity index is 1.52. The molecule has 2 aromatic carbocycles. The Morgan fingerprint density at radius 1 is 1.14 bits per heavy atom. The van der Waals surface area contributed by atoms with Gasteiger partial charge >= 0.3 is 0 Å². The Bertz CT molecular complexity index is 666. The first-order chi connectivity index (χ1) is 10.2. The minimum atomic E-state index is 0.240. The van der Waals surface area contributed by atoms with E-state index in [-0.39, 0.29) is 6.04 Å². The van der Waals surface area contributed by atoms with Gasteiger partial charge < -0.3 is 5.73 Å². The van der Waals surface area contributed by atoms with Gasteiger partial charge in [-0.15, -0.1) is 0 Å². The average Bonchev–Trinajstić information content (AvgIpc) is 3.22. The van der Waals surface area contributed by atoms with Crippen molar-refractivity contribution in [1.29, 1.82) is 0 Å². The lowest BCUT2D eigenvalue weighted by atomic mass is 9.92. The highest BCUT2D eigenvalue weighted by atomic mass is 35.5. The fourth-order valence-corrected chi connectivity index (χ4v) is 4.49. The first-order valence-corrected chi connectivity index (χ1v) is 8.19. The predicted molar refractivity (Wildman–Crippen MR) is 87.6 cm³/mol. The monoisotopic (exact) mass is 297 g/mol. The summed E-state index contributed by atoms with van der Waals surface area (Å²) in [5, 5.41) is 0.804. The number of halogens is 1. The molecule has 2 aliphatic carbocycles. The first kappa shape index (κ1) is 13.4. The minimum Gasteiger partial charge on any atom is -0.327 e. The normalized spacial score (nSPS) is 27.6. The highest BCUT2D eigenvalue weighted by Gasteiger charge is 2.55. The second-order valence-corrected chi connectivity index (χ2v) is 6.94. The van der Waals surface area contributed by atoms with Crippen LogP contribution in [0.3, 0.4) is 0 Å². The van der Waals surface area contributed by atoms with Crippen LogP contribution < -0.4 is 5.73 Å². The summed E-state index contributed by atoms with van der Waals surface area (Å²) in [5.41, 5.74) is 10.9. The van der Waals surface area contributed by atoms with Crippen molar-refractivity contribution in [3.63, 3.8) is 0 Å². The van der Waals surface area contributed by atoms with Crippen molar-refractivity contribution < 1.29 is 0 Å². The third-order valence-electron chi connectivity index (χ3n) is 5.25. The van der Waals surface area contributed by atoms with E-state index in [1.54, 1.807) is 5.56 Å². The van der Waals surface area contributed by atoms with E-state index in [1.165, 1.54) is 24.0 Å². The molecule has 4 unspecified atom stereocenters. The van der Waals surface area contributed by atoms with Crippen LogP contribution in [0.1, 0.15) is 29.0 Å². The lowest BCUT2D eigenvalue weighted by Gasteiger charge is -2.13. The molecule has 1 fully saturated rings. The summed E-state index contributed by atoms with van der Waals surface area (Å²) in [6.07, 6.45) is 3.45. The summed E-state index contributed by atoms with van der Waals surface area (Å²) in [4.78, 5) is 0. The van der Waals surface area contributed by atoms with Crippen LogP contribution in [-0.2, 0) is 12.8 Å². The van der Waals surface area contributed by atoms with E-state index in [2.05, 4.69) is 30.3 Å². The van der Waals surface area contributed by atoms with Crippen molar-refractivity contribution in [2.24, 2.45) is 17.6 Å². The molecule has 1 saturated carbocycles. The Labute approximate surface area is 131 Å². The van der Waals surface area contributed by atoms with Crippen molar-refractivity contribution in [3.8, 4) is 0 Å². The highest BCUT2D eigenvalue weighted by Crippen LogP contribution is 2.61. The third-order valence-corrected chi connectivity index (χ3v) is 5.48. The summed E-state index contributed by atoms with van der Waals surface area (Å²) >= 11 is 6.07. The lowest BCUT2D eigenvalue weighted by Crippen LogP contribution is -2.26. The van der Waals surface area contributed by atoms with Crippen molar-refractivity contribution >= 4 is 11.6 Å². The molecule has 2 N–H and O–H groups in total. The fourth-order valence-electron chi connectivity index (χ4n) is 4.28. The fraction of sp³-hybridized carbons (Fsp3) is 0.368. The van der Waals surface area contributed by atoms with Gasteiger partial charge in [-0.3, -0.25) is 0 Å². The summed E-state index contributed by atoms with van der Waals surface area (Å²) in [6.45, 7) is 0. The van der Waals surface area contributed by atoms with Gasteiger partial charge in [-0.25, -0.2) is 0 Å². The molecule has 0 saturated heterocycles. The van der Waals surface area contributed by atoms with Crippen LogP contribution in [0.2, 0.25) is 5.02 Å². The molecule has 21 heavy (non-hydrogen) atoms. The molecule has 4 atom stereocenters. The topological polar surface area (TPSA) is 26.0 Å². The molecule has 2 aliphatic rings. The number of nitrogens with two attached hydrogens (primary N) is 1. The number of hydrogen-bond acceptors (Lipinski definition) is 1. The van der Waals surface area contributed by atoms with Crippen molar-refractivity contribution in [1.82, 2.24) is 0 Å². The summed E-state index contributed by atoms with van der Waals surface area (Å²) in [5.74, 6) is 2.14. The van der Waals surface area contributed by atoms with E-state index in [1.807, 2.05) is 18.2 Å². The maximum Gasteiger partial charge on any atom is 0.0408 e. The standard InChI is InChI=1S/C19H20ClN/c20-14-6-3-4-12(10-14)11-17(21)19-16-9-8-13-5-1-2-7-15(13)18(16)19/h1-7,10,16-19H,8-9,11,21H2. The van der Waals surface area contributed by atoms with Crippen LogP contribution in [0.5, 0.6) is 0 Å². The predicted octanol–water partition coefficient (Wildman–Crippen LogP) is 4.19. The van der Waals surface area contributed by atoms with E-state index in [9.17, 15) is 0 Å². The van der Waals surface area contributed by atoms with Gasteiger partial charge in [-0.1, -0.05) is 48.0 Å². The van der Waals surface area contributed by atoms with Gasteiger partial charge in [0.2, 0.25) is 0 Å². The summed E-state index contributed by atoms with van der Waals surface area (Å²) in [7, 11) is 0. The minimum absolute atomic E-state index is 0.240. The Morgan fingerprint density at radius 2 is 2.00 bits per heavy atom. The molecule has 0 heterocycles. The van der Waals surface area contributed by atoms with Crippen molar-refractivity contribution in [3.05, 3.63) is 70.2 Å². The smallest absolute Gasteiger partial charge is 0.0408 e. The molecule has 0 amide bonds. The van der Waals surface area contributed by atoms with Gasteiger partial charge in [-0.05, 0) is 65.8 Å². The van der Waals surface area contributed by atoms with Gasteiger partial charge in [0.1, 0.15) is 0 Å². The van der Waals surface area contributed by atoms with Crippen LogP contribution in [-0.4, -0.2) is 6.04 Å². The number of fused-ring (bicyclic) bond motifs is 3. The molecule has 2 heteroatoms. The third kappa shape index (κ3) is 2.39. The molecular formula is C19H20ClN. The van der Waals surface area contributed by atoms with Gasteiger partial charge in [0, 0.05) is 11.1 Å². The molecule has 0 bridgehead atoms. The van der Waals surface area contributed by atoms with Gasteiger partial charge in [0.25, 0.3) is 0 Å². The van der Waals surface area contributed by atoms with Crippen LogP contribution >= 0.6 is 11.6 Å². The SMILES string of the molecule is NC(Cc1cccc(Cl)c1)C1C2CCc3ccccc3C21. The van der Waals surface area contributed by atoms with Gasteiger partial charge in [0.05, 0.1) is 0 Å². The van der Waals surface area contributed by atoms with E-state index in [0.717, 1.165) is 17.4 Å². The van der Waals surface area contributed by atoms with Gasteiger partial charge in [-0.2, -0.15) is 0 Å². The molecular weight excluding hydrogens is 278 g/mol. The number of rotatable bonds is 3. The molecule has 2 aromatic rings. The Kier molecular flexibility index (Phi) is 3.28. The van der Waals surface area contributed by atoms with Gasteiger partial charge in [0.15, 0.2) is 0 Å². The van der Waals surface area contributed by atoms with Crippen LogP contribution in [0.25, 0.3) is 0 Å². The molecule has 4 rings (SSSR count). The maximum absolute atomic E-state index is 6.53. The van der Waals surface area contributed by atoms with E-state index in [4.69, 9.17) is 17.3 Å². The molecule has 108 valence electrons. The second kappa shape index (κ2) is 5.15. The number of benzene rings is 2. The summed E-state index contributed by atoms with van der Waals surface area (Å²) < 4.78 is 0. The zero-order valence-electron chi connectivity index (χ0n) is 12.0. The van der Waals surface area contributed by atoms with Crippen LogP contribution in [0, 0.1) is 11.8 Å². The summed E-state index contributed by atoms with van der Waals surface area (Å²) in [6, 6.07) is 17.3. The largest absolute Gasteiger partial charge is 0.327 e. The van der Waals surface area contributed by atoms with E-state index < -0.39 is 0 Å². The lowest BCUT2D eigenvalue weighted by molar-refractivity contribution is 0.532. The Morgan fingerprint density at radius 3 is 2.86 bits per heavy atom. The average molecular weight is 298 g/mol. The zero-order chi connectivity index (χ0) is 14.4. The van der Waals surface area contributed by atoms with Crippen LogP contribution in [0.15, 0.2) is 48.5 Å². The van der Waals surface area contributed by atoms with Crippen LogP contribution in [0.4, 0.5) is 0 Å². The number of hydrogen-bond donors (Lipinski definition) is 1. The quantitative estimate of drug-likeness (QED) is 0.903. The maximum atomic E-state index is 6.53. The molecule has 0 radical (unpaired) electrons. The molecule has 0 aromatic heterocycles. The number of aryl methyl sites for hydroxylation is 1. The van der Waals surface area contributed by atoms with Crippen molar-refractivity contribution in [2.75, 3.05) is 0 Å². The molecule has 0 aliphatic heterocycles. The first-order valence-electron chi connectivity index (χ1n) is 7.82. The second-order valence-electron chi connectivity index (χ2n) is 6.50. The highest BCUT2D eigenvalue weighted by molar-refractivity contribution is 6.30. The molecule has 1 nitrogen and oxygen atoms in total. The molecule has 0 spiro atoms. The van der Waals surface area contributed by atoms with E-state index in [0.29, 0.717) is 11.8 Å². The Hall–Kier alpha value is -1.31.